The van der Waals surface area contributed by atoms with Crippen LogP contribution in [0.1, 0.15) is 22.8 Å². The lowest BCUT2D eigenvalue weighted by Crippen LogP contribution is -1.91. The third-order valence-electron chi connectivity index (χ3n) is 9.91. The number of nitrogens with one attached hydrogen (secondary N) is 2. The predicted octanol–water partition coefficient (Wildman–Crippen LogP) is 17.8. The smallest absolute Gasteiger partial charge is 0.123 e. The van der Waals surface area contributed by atoms with E-state index in [0.29, 0.717) is 125 Å². The summed E-state index contributed by atoms with van der Waals surface area (Å²) in [4.78, 5) is 17.9. The first-order valence-electron chi connectivity index (χ1n) is 17.4. The number of hydrogen-bond donors (Lipinski definition) is 2. The van der Waals surface area contributed by atoms with Crippen molar-refractivity contribution in [2.24, 2.45) is 0 Å². The number of aromatic amines is 2. The lowest BCUT2D eigenvalue weighted by molar-refractivity contribution is 0.627. The molecule has 0 radical (unpaired) electrons. The van der Waals surface area contributed by atoms with Gasteiger partial charge in [0.1, 0.15) is 23.3 Å². The molecule has 0 spiro atoms. The highest BCUT2D eigenvalue weighted by molar-refractivity contribution is 9.18. The number of halogens is 12. The van der Waals surface area contributed by atoms with Crippen LogP contribution in [0.5, 0.6) is 0 Å². The zero-order valence-electron chi connectivity index (χ0n) is 29.7. The molecule has 2 aliphatic rings. The van der Waals surface area contributed by atoms with Crippen molar-refractivity contribution in [3.63, 3.8) is 0 Å². The standard InChI is InChI=1S/C44H18Br8F4N4/c45-29-31(47)39-26(18-3-11-22(54)12-4-18)41-33(49)35(51)43(59-41)28(20-7-15-24(56)16-8-20)44-36(52)34(50)42(60-44)27(19-5-13-23(55)14-6-19)40-32(48)30(46)38(58-40)25(37(29)57-39)17-1-9-21(53)10-2-17/h1-16,57,60H. The average Bonchev–Trinajstić information content (AvgIpc) is 3.89. The zero-order valence-corrected chi connectivity index (χ0v) is 42.4. The first-order chi connectivity index (χ1) is 28.7. The number of hydrogen-bond acceptors (Lipinski definition) is 2. The molecule has 2 N–H and O–H groups in total. The van der Waals surface area contributed by atoms with Crippen LogP contribution in [0, 0.1) is 23.3 Å². The molecule has 7 aromatic rings. The molecule has 4 nitrogen and oxygen atoms in total. The number of aromatic nitrogens is 4. The number of rotatable bonds is 4. The Labute approximate surface area is 406 Å². The molecule has 9 rings (SSSR count). The van der Waals surface area contributed by atoms with E-state index in [9.17, 15) is 17.6 Å². The highest BCUT2D eigenvalue weighted by atomic mass is 79.9. The first kappa shape index (κ1) is 42.3. The Morgan fingerprint density at radius 1 is 0.300 bits per heavy atom. The van der Waals surface area contributed by atoms with E-state index in [4.69, 9.17) is 9.97 Å². The molecule has 0 saturated heterocycles. The lowest BCUT2D eigenvalue weighted by Gasteiger charge is -2.08. The van der Waals surface area contributed by atoms with Gasteiger partial charge in [-0.2, -0.15) is 0 Å². The van der Waals surface area contributed by atoms with Gasteiger partial charge in [-0.3, -0.25) is 0 Å². The van der Waals surface area contributed by atoms with Crippen molar-refractivity contribution in [1.82, 2.24) is 19.9 Å². The summed E-state index contributed by atoms with van der Waals surface area (Å²) in [5, 5.41) is 0. The molecule has 0 atom stereocenters. The molecule has 5 heterocycles. The van der Waals surface area contributed by atoms with Crippen LogP contribution in [-0.4, -0.2) is 19.9 Å². The van der Waals surface area contributed by atoms with Crippen LogP contribution >= 0.6 is 127 Å². The molecule has 4 aromatic carbocycles. The number of benzene rings is 4. The summed E-state index contributed by atoms with van der Waals surface area (Å²) in [5.74, 6) is -1.67. The Kier molecular flexibility index (Phi) is 11.7. The zero-order chi connectivity index (χ0) is 42.3. The maximum Gasteiger partial charge on any atom is 0.123 e. The summed E-state index contributed by atoms with van der Waals surface area (Å²) in [7, 11) is 0. The van der Waals surface area contributed by atoms with Crippen molar-refractivity contribution in [3.8, 4) is 44.5 Å². The third-order valence-corrected chi connectivity index (χ3v) is 18.3. The quantitative estimate of drug-likeness (QED) is 0.173. The van der Waals surface area contributed by atoms with Crippen LogP contribution in [0.4, 0.5) is 17.6 Å². The van der Waals surface area contributed by atoms with E-state index < -0.39 is 23.3 Å². The Morgan fingerprint density at radius 2 is 0.483 bits per heavy atom. The minimum Gasteiger partial charge on any atom is -0.352 e. The number of fused-ring (bicyclic) bond motifs is 8. The number of nitrogens with zero attached hydrogens (tertiary/aromatic N) is 2. The minimum absolute atomic E-state index is 0.418. The predicted molar refractivity (Wildman–Crippen MR) is 263 cm³/mol. The summed E-state index contributed by atoms with van der Waals surface area (Å²) in [6.07, 6.45) is 0. The third kappa shape index (κ3) is 7.24. The van der Waals surface area contributed by atoms with E-state index in [-0.39, 0.29) is 0 Å². The SMILES string of the molecule is Fc1ccc(-c2c3nc(c(-c4ccc(F)cc4)c4[nH]c(c(Br)c4Br)c(-c4ccc(F)cc4)c4nc(c(-c5ccc(F)cc5)c5[nH]c2c(Br)c5Br)C(Br)=C4Br)C(Br)=C3Br)cc1. The van der Waals surface area contributed by atoms with Gasteiger partial charge >= 0.3 is 0 Å². The van der Waals surface area contributed by atoms with Crippen LogP contribution in [0.2, 0.25) is 0 Å². The van der Waals surface area contributed by atoms with Crippen LogP contribution < -0.4 is 0 Å². The Bertz CT molecular complexity index is 2780. The second kappa shape index (κ2) is 16.6. The maximum atomic E-state index is 14.6. The topological polar surface area (TPSA) is 57.4 Å². The number of H-pyrrole nitrogens is 2. The van der Waals surface area contributed by atoms with Crippen LogP contribution in [0.25, 0.3) is 84.5 Å². The fourth-order valence-electron chi connectivity index (χ4n) is 7.16. The van der Waals surface area contributed by atoms with E-state index in [0.717, 1.165) is 0 Å². The molecule has 60 heavy (non-hydrogen) atoms. The summed E-state index contributed by atoms with van der Waals surface area (Å²) in [6, 6.07) is 24.4. The molecule has 0 amide bonds. The second-order valence-corrected chi connectivity index (χ2v) is 19.8. The molecule has 0 unspecified atom stereocenters. The van der Waals surface area contributed by atoms with Crippen molar-refractivity contribution in [2.75, 3.05) is 0 Å². The van der Waals surface area contributed by atoms with E-state index in [1.165, 1.54) is 48.5 Å². The molecule has 16 heteroatoms. The fraction of sp³-hybridized carbons (Fsp3) is 0. The van der Waals surface area contributed by atoms with Gasteiger partial charge in [0.05, 0.1) is 80.7 Å². The van der Waals surface area contributed by atoms with E-state index in [2.05, 4.69) is 137 Å². The Morgan fingerprint density at radius 3 is 0.667 bits per heavy atom. The summed E-state index contributed by atoms with van der Waals surface area (Å²) < 4.78 is 63.0. The van der Waals surface area contributed by atoms with Gasteiger partial charge in [-0.15, -0.1) is 0 Å². The Balaban J connectivity index is 1.62. The largest absolute Gasteiger partial charge is 0.352 e. The maximum absolute atomic E-state index is 14.6. The van der Waals surface area contributed by atoms with Crippen molar-refractivity contribution in [2.45, 2.75) is 0 Å². The van der Waals surface area contributed by atoms with Crippen molar-refractivity contribution in [1.29, 1.82) is 0 Å². The van der Waals surface area contributed by atoms with Gasteiger partial charge in [-0.05, 0) is 198 Å². The lowest BCUT2D eigenvalue weighted by atomic mass is 10.0. The summed E-state index contributed by atoms with van der Waals surface area (Å²) >= 11 is 30.9. The molecular weight excluding hydrogens is 1300 g/mol. The van der Waals surface area contributed by atoms with Gasteiger partial charge in [0, 0.05) is 22.3 Å². The van der Waals surface area contributed by atoms with Gasteiger partial charge in [-0.1, -0.05) is 48.5 Å². The average molecular weight is 1320 g/mol. The normalized spacial score (nSPS) is 12.9. The molecule has 0 aliphatic carbocycles. The van der Waals surface area contributed by atoms with Crippen LogP contribution in [0.3, 0.4) is 0 Å². The molecule has 8 bridgehead atoms. The highest BCUT2D eigenvalue weighted by Gasteiger charge is 2.31. The monoisotopic (exact) mass is 1310 g/mol. The minimum atomic E-state index is -0.418. The van der Waals surface area contributed by atoms with Crippen molar-refractivity contribution < 1.29 is 17.6 Å². The Hall–Kier alpha value is -2.96. The van der Waals surface area contributed by atoms with Gasteiger partial charge < -0.3 is 9.97 Å². The van der Waals surface area contributed by atoms with E-state index in [1.54, 1.807) is 48.5 Å². The molecular formula is C44H18Br8F4N4. The molecule has 2 aliphatic heterocycles. The molecule has 0 fully saturated rings. The molecule has 3 aromatic heterocycles. The summed E-state index contributed by atoms with van der Waals surface area (Å²) in [6.45, 7) is 0. The first-order valence-corrected chi connectivity index (χ1v) is 23.8. The summed E-state index contributed by atoms with van der Waals surface area (Å²) in [5.41, 5.74) is 9.10. The van der Waals surface area contributed by atoms with Crippen LogP contribution in [0.15, 0.2) is 115 Å². The molecule has 298 valence electrons. The van der Waals surface area contributed by atoms with E-state index >= 15 is 0 Å². The van der Waals surface area contributed by atoms with Gasteiger partial charge in [-0.25, -0.2) is 27.5 Å². The molecule has 0 saturated carbocycles. The van der Waals surface area contributed by atoms with E-state index in [1.807, 2.05) is 0 Å². The van der Waals surface area contributed by atoms with Gasteiger partial charge in [0.2, 0.25) is 0 Å². The van der Waals surface area contributed by atoms with Crippen molar-refractivity contribution in [3.05, 3.63) is 161 Å². The fourth-order valence-corrected chi connectivity index (χ4v) is 11.0. The second-order valence-electron chi connectivity index (χ2n) is 13.4. The highest BCUT2D eigenvalue weighted by Crippen LogP contribution is 2.53. The van der Waals surface area contributed by atoms with Gasteiger partial charge in [0.25, 0.3) is 0 Å². The van der Waals surface area contributed by atoms with Crippen molar-refractivity contribution >= 4 is 167 Å². The van der Waals surface area contributed by atoms with Crippen LogP contribution in [-0.2, 0) is 0 Å². The van der Waals surface area contributed by atoms with Gasteiger partial charge in [0.15, 0.2) is 0 Å².